The van der Waals surface area contributed by atoms with E-state index in [1.165, 1.54) is 11.1 Å². The second kappa shape index (κ2) is 7.38. The molecule has 0 aliphatic carbocycles. The molecule has 2 aliphatic heterocycles. The van der Waals surface area contributed by atoms with Gasteiger partial charge in [0, 0.05) is 39.3 Å². The van der Waals surface area contributed by atoms with Gasteiger partial charge in [0.2, 0.25) is 0 Å². The molecule has 2 heterocycles. The van der Waals surface area contributed by atoms with E-state index in [9.17, 15) is 4.79 Å². The second-order valence-corrected chi connectivity index (χ2v) is 7.12. The zero-order valence-corrected chi connectivity index (χ0v) is 14.4. The first-order chi connectivity index (χ1) is 12.3. The van der Waals surface area contributed by atoms with Crippen LogP contribution in [0.25, 0.3) is 0 Å². The topological polar surface area (TPSA) is 32.8 Å². The van der Waals surface area contributed by atoms with Crippen molar-refractivity contribution in [2.75, 3.05) is 26.2 Å². The Labute approximate surface area is 149 Å². The number of esters is 1. The van der Waals surface area contributed by atoms with E-state index in [-0.39, 0.29) is 18.0 Å². The Morgan fingerprint density at radius 1 is 0.760 bits per heavy atom. The van der Waals surface area contributed by atoms with Gasteiger partial charge in [0.25, 0.3) is 0 Å². The summed E-state index contributed by atoms with van der Waals surface area (Å²) in [6, 6.07) is 20.9. The Morgan fingerprint density at radius 3 is 1.72 bits per heavy atom. The smallest absolute Gasteiger partial charge is 0.311 e. The van der Waals surface area contributed by atoms with Crippen molar-refractivity contribution in [3.63, 3.8) is 0 Å². The lowest BCUT2D eigenvalue weighted by Gasteiger charge is -2.32. The van der Waals surface area contributed by atoms with Crippen LogP contribution in [0.15, 0.2) is 60.7 Å². The summed E-state index contributed by atoms with van der Waals surface area (Å²) in [7, 11) is 0. The highest BCUT2D eigenvalue weighted by molar-refractivity contribution is 5.73. The molecule has 2 bridgehead atoms. The molecule has 2 aromatic rings. The van der Waals surface area contributed by atoms with Gasteiger partial charge in [-0.15, -0.1) is 0 Å². The minimum absolute atomic E-state index is 0.0314. The minimum Gasteiger partial charge on any atom is -0.459 e. The first-order valence-electron chi connectivity index (χ1n) is 8.99. The highest BCUT2D eigenvalue weighted by atomic mass is 16.5. The summed E-state index contributed by atoms with van der Waals surface area (Å²) in [6.07, 6.45) is -0.0487. The molecule has 0 saturated carbocycles. The molecule has 0 atom stereocenters. The van der Waals surface area contributed by atoms with Crippen LogP contribution >= 0.6 is 0 Å². The summed E-state index contributed by atoms with van der Waals surface area (Å²) < 4.78 is 5.75. The lowest BCUT2D eigenvalue weighted by molar-refractivity contribution is -0.149. The quantitative estimate of drug-likeness (QED) is 0.804. The summed E-state index contributed by atoms with van der Waals surface area (Å²) in [4.78, 5) is 17.2. The van der Waals surface area contributed by atoms with Gasteiger partial charge in [0.05, 0.1) is 5.92 Å². The number of rotatable bonds is 4. The van der Waals surface area contributed by atoms with Crippen LogP contribution in [-0.4, -0.2) is 48.1 Å². The van der Waals surface area contributed by atoms with Crippen LogP contribution in [0.5, 0.6) is 0 Å². The SMILES string of the molecule is O=C1OC2CN(Cc3ccccc3)CC1CN(Cc1ccccc1)C2. The number of hydrogen-bond acceptors (Lipinski definition) is 4. The molecule has 2 aromatic carbocycles. The number of fused-ring (bicyclic) bond motifs is 3. The van der Waals surface area contributed by atoms with Gasteiger partial charge in [0.1, 0.15) is 6.10 Å². The molecular formula is C21H24N2O2. The summed E-state index contributed by atoms with van der Waals surface area (Å²) in [5, 5.41) is 0. The van der Waals surface area contributed by atoms with E-state index in [1.807, 2.05) is 12.1 Å². The molecule has 130 valence electrons. The van der Waals surface area contributed by atoms with E-state index >= 15 is 0 Å². The van der Waals surface area contributed by atoms with Crippen LogP contribution < -0.4 is 0 Å². The van der Waals surface area contributed by atoms with Crippen LogP contribution in [0.1, 0.15) is 11.1 Å². The monoisotopic (exact) mass is 336 g/mol. The fraction of sp³-hybridized carbons (Fsp3) is 0.381. The van der Waals surface area contributed by atoms with Crippen molar-refractivity contribution < 1.29 is 9.53 Å². The molecule has 0 radical (unpaired) electrons. The Kier molecular flexibility index (Phi) is 4.81. The van der Waals surface area contributed by atoms with Crippen molar-refractivity contribution in [1.29, 1.82) is 0 Å². The average molecular weight is 336 g/mol. The number of carbonyl (C=O) groups is 1. The van der Waals surface area contributed by atoms with Gasteiger partial charge in [0.15, 0.2) is 0 Å². The summed E-state index contributed by atoms with van der Waals surface area (Å²) >= 11 is 0. The molecule has 2 fully saturated rings. The molecule has 0 aromatic heterocycles. The molecule has 2 saturated heterocycles. The van der Waals surface area contributed by atoms with Crippen LogP contribution in [-0.2, 0) is 22.6 Å². The third kappa shape index (κ3) is 4.09. The van der Waals surface area contributed by atoms with Gasteiger partial charge in [-0.05, 0) is 11.1 Å². The predicted molar refractivity (Wildman–Crippen MR) is 96.8 cm³/mol. The van der Waals surface area contributed by atoms with Crippen molar-refractivity contribution in [1.82, 2.24) is 9.80 Å². The molecule has 4 rings (SSSR count). The molecule has 25 heavy (non-hydrogen) atoms. The van der Waals surface area contributed by atoms with Crippen molar-refractivity contribution in [2.45, 2.75) is 19.2 Å². The number of ether oxygens (including phenoxy) is 1. The molecule has 0 spiro atoms. The molecule has 4 nitrogen and oxygen atoms in total. The third-order valence-corrected chi connectivity index (χ3v) is 5.00. The first-order valence-corrected chi connectivity index (χ1v) is 8.99. The fourth-order valence-electron chi connectivity index (χ4n) is 3.89. The van der Waals surface area contributed by atoms with Gasteiger partial charge in [-0.3, -0.25) is 14.6 Å². The first kappa shape index (κ1) is 16.3. The molecule has 4 heteroatoms. The van der Waals surface area contributed by atoms with Crippen LogP contribution in [0.2, 0.25) is 0 Å². The number of carbonyl (C=O) groups excluding carboxylic acids is 1. The predicted octanol–water partition coefficient (Wildman–Crippen LogP) is 2.55. The molecule has 0 unspecified atom stereocenters. The van der Waals surface area contributed by atoms with E-state index in [2.05, 4.69) is 58.3 Å². The number of benzene rings is 2. The van der Waals surface area contributed by atoms with Gasteiger partial charge in [-0.25, -0.2) is 0 Å². The van der Waals surface area contributed by atoms with Crippen molar-refractivity contribution in [3.8, 4) is 0 Å². The Balaban J connectivity index is 1.45. The van der Waals surface area contributed by atoms with Gasteiger partial charge < -0.3 is 4.74 Å². The van der Waals surface area contributed by atoms with Crippen LogP contribution in [0.3, 0.4) is 0 Å². The summed E-state index contributed by atoms with van der Waals surface area (Å²) in [5.74, 6) is -0.101. The second-order valence-electron chi connectivity index (χ2n) is 7.12. The van der Waals surface area contributed by atoms with Crippen molar-refractivity contribution in [2.24, 2.45) is 5.92 Å². The van der Waals surface area contributed by atoms with E-state index in [0.29, 0.717) is 0 Å². The number of hydrogen-bond donors (Lipinski definition) is 0. The normalized spacial score (nSPS) is 24.6. The Morgan fingerprint density at radius 2 is 1.24 bits per heavy atom. The maximum atomic E-state index is 12.4. The minimum atomic E-state index is -0.0695. The molecule has 2 aliphatic rings. The largest absolute Gasteiger partial charge is 0.459 e. The van der Waals surface area contributed by atoms with E-state index in [4.69, 9.17) is 4.74 Å². The van der Waals surface area contributed by atoms with Crippen molar-refractivity contribution >= 4 is 5.97 Å². The van der Waals surface area contributed by atoms with E-state index in [1.54, 1.807) is 0 Å². The van der Waals surface area contributed by atoms with E-state index in [0.717, 1.165) is 39.3 Å². The highest BCUT2D eigenvalue weighted by Crippen LogP contribution is 2.22. The average Bonchev–Trinajstić information content (AvgIpc) is 2.83. The zero-order chi connectivity index (χ0) is 17.1. The van der Waals surface area contributed by atoms with Gasteiger partial charge in [-0.1, -0.05) is 60.7 Å². The third-order valence-electron chi connectivity index (χ3n) is 5.00. The van der Waals surface area contributed by atoms with Crippen LogP contribution in [0, 0.1) is 5.92 Å². The number of nitrogens with zero attached hydrogens (tertiary/aromatic N) is 2. The fourth-order valence-corrected chi connectivity index (χ4v) is 3.89. The summed E-state index contributed by atoms with van der Waals surface area (Å²) in [6.45, 7) is 4.92. The van der Waals surface area contributed by atoms with Gasteiger partial charge >= 0.3 is 5.97 Å². The van der Waals surface area contributed by atoms with Crippen molar-refractivity contribution in [3.05, 3.63) is 71.8 Å². The maximum absolute atomic E-state index is 12.4. The zero-order valence-electron chi connectivity index (χ0n) is 14.4. The highest BCUT2D eigenvalue weighted by Gasteiger charge is 2.37. The lowest BCUT2D eigenvalue weighted by Crippen LogP contribution is -2.44. The lowest BCUT2D eigenvalue weighted by atomic mass is 10.1. The maximum Gasteiger partial charge on any atom is 0.311 e. The standard InChI is InChI=1S/C21H24N2O2/c24-21-19-13-22(11-17-7-3-1-4-8-17)15-20(25-21)16-23(14-19)12-18-9-5-2-6-10-18/h1-10,19-20H,11-16H2. The Bertz CT molecular complexity index is 651. The van der Waals surface area contributed by atoms with Crippen LogP contribution in [0.4, 0.5) is 0 Å². The van der Waals surface area contributed by atoms with E-state index < -0.39 is 0 Å². The Hall–Kier alpha value is -2.17. The summed E-state index contributed by atoms with van der Waals surface area (Å²) in [5.41, 5.74) is 2.58. The molecular weight excluding hydrogens is 312 g/mol. The molecule has 0 N–H and O–H groups in total. The molecule has 0 amide bonds. The van der Waals surface area contributed by atoms with Gasteiger partial charge in [-0.2, -0.15) is 0 Å².